The molecular formula is C13H18Cl2N4O3. The van der Waals surface area contributed by atoms with Crippen LogP contribution < -0.4 is 5.32 Å². The molecular weight excluding hydrogens is 331 g/mol. The fraction of sp³-hybridized carbons (Fsp3) is 0.615. The monoisotopic (exact) mass is 348 g/mol. The number of anilines is 1. The number of aromatic amines is 1. The Kier molecular flexibility index (Phi) is 4.87. The average Bonchev–Trinajstić information content (AvgIpc) is 2.79. The summed E-state index contributed by atoms with van der Waals surface area (Å²) in [5, 5.41) is 9.41. The van der Waals surface area contributed by atoms with Crippen LogP contribution in [0.3, 0.4) is 0 Å². The molecule has 7 nitrogen and oxygen atoms in total. The van der Waals surface area contributed by atoms with E-state index in [4.69, 9.17) is 27.9 Å². The Morgan fingerprint density at radius 3 is 2.68 bits per heavy atom. The lowest BCUT2D eigenvalue weighted by atomic mass is 10.1. The van der Waals surface area contributed by atoms with Crippen LogP contribution in [0.1, 0.15) is 32.0 Å². The van der Waals surface area contributed by atoms with Crippen LogP contribution in [0.2, 0.25) is 0 Å². The van der Waals surface area contributed by atoms with Crippen LogP contribution in [0.5, 0.6) is 0 Å². The van der Waals surface area contributed by atoms with E-state index in [2.05, 4.69) is 15.5 Å². The molecule has 2 N–H and O–H groups in total. The second-order valence-electron chi connectivity index (χ2n) is 5.97. The molecule has 1 aliphatic rings. The molecule has 2 rings (SSSR count). The first-order valence-electron chi connectivity index (χ1n) is 6.80. The maximum absolute atomic E-state index is 12.1. The van der Waals surface area contributed by atoms with Crippen molar-refractivity contribution in [2.75, 3.05) is 11.9 Å². The summed E-state index contributed by atoms with van der Waals surface area (Å²) in [6.07, 6.45) is 0.176. The molecule has 0 atom stereocenters. The van der Waals surface area contributed by atoms with Crippen molar-refractivity contribution in [2.45, 2.75) is 44.2 Å². The summed E-state index contributed by atoms with van der Waals surface area (Å²) in [6, 6.07) is 0. The maximum Gasteiger partial charge on any atom is 0.410 e. The van der Waals surface area contributed by atoms with Crippen LogP contribution in [-0.2, 0) is 22.5 Å². The Labute approximate surface area is 138 Å². The number of ether oxygens (including phenoxy) is 1. The number of halogens is 2. The van der Waals surface area contributed by atoms with Crippen LogP contribution in [-0.4, -0.2) is 44.1 Å². The summed E-state index contributed by atoms with van der Waals surface area (Å²) >= 11 is 11.0. The summed E-state index contributed by atoms with van der Waals surface area (Å²) in [6.45, 7) is 6.28. The number of rotatable bonds is 2. The van der Waals surface area contributed by atoms with E-state index in [9.17, 15) is 9.59 Å². The normalized spacial score (nSPS) is 14.7. The smallest absolute Gasteiger partial charge is 0.410 e. The molecule has 9 heteroatoms. The first kappa shape index (κ1) is 16.9. The van der Waals surface area contributed by atoms with Gasteiger partial charge in [-0.2, -0.15) is 5.10 Å². The van der Waals surface area contributed by atoms with E-state index in [0.29, 0.717) is 25.3 Å². The number of H-pyrrole nitrogens is 1. The Bertz CT molecular complexity index is 580. The Balaban J connectivity index is 2.05. The largest absolute Gasteiger partial charge is 0.444 e. The summed E-state index contributed by atoms with van der Waals surface area (Å²) in [4.78, 5) is 24.0. The number of hydrogen-bond acceptors (Lipinski definition) is 4. The zero-order chi connectivity index (χ0) is 16.5. The number of hydrogen-bond donors (Lipinski definition) is 2. The van der Waals surface area contributed by atoms with E-state index >= 15 is 0 Å². The highest BCUT2D eigenvalue weighted by atomic mass is 35.5. The summed E-state index contributed by atoms with van der Waals surface area (Å²) in [5.74, 6) is -0.137. The number of amides is 2. The Morgan fingerprint density at radius 1 is 1.41 bits per heavy atom. The molecule has 0 radical (unpaired) electrons. The molecule has 0 bridgehead atoms. The molecule has 0 saturated heterocycles. The van der Waals surface area contributed by atoms with Crippen LogP contribution >= 0.6 is 23.2 Å². The van der Waals surface area contributed by atoms with E-state index in [1.807, 2.05) is 20.8 Å². The number of aromatic nitrogens is 2. The van der Waals surface area contributed by atoms with Gasteiger partial charge in [0.1, 0.15) is 5.60 Å². The molecule has 0 aromatic carbocycles. The minimum atomic E-state index is -1.16. The van der Waals surface area contributed by atoms with E-state index in [1.54, 1.807) is 4.90 Å². The highest BCUT2D eigenvalue weighted by molar-refractivity contribution is 6.54. The van der Waals surface area contributed by atoms with Gasteiger partial charge in [0.05, 0.1) is 12.2 Å². The van der Waals surface area contributed by atoms with Gasteiger partial charge in [-0.3, -0.25) is 9.89 Å². The lowest BCUT2D eigenvalue weighted by Crippen LogP contribution is -2.40. The minimum Gasteiger partial charge on any atom is -0.444 e. The third kappa shape index (κ3) is 4.04. The standard InChI is InChI=1S/C13H18Cl2N4O3/c1-13(2,3)22-12(21)19-5-4-7-8(6-19)17-18-10(7)16-11(20)9(14)15/h9H,4-6H2,1-3H3,(H2,16,17,18,20). The maximum atomic E-state index is 12.1. The third-order valence-electron chi connectivity index (χ3n) is 3.02. The molecule has 0 aliphatic carbocycles. The number of carbonyl (C=O) groups is 2. The molecule has 22 heavy (non-hydrogen) atoms. The number of nitrogens with zero attached hydrogens (tertiary/aromatic N) is 2. The van der Waals surface area contributed by atoms with Crippen LogP contribution in [0, 0.1) is 0 Å². The predicted octanol–water partition coefficient (Wildman–Crippen LogP) is 2.45. The van der Waals surface area contributed by atoms with Crippen molar-refractivity contribution in [3.8, 4) is 0 Å². The first-order valence-corrected chi connectivity index (χ1v) is 7.67. The van der Waals surface area contributed by atoms with Crippen LogP contribution in [0.4, 0.5) is 10.6 Å². The quantitative estimate of drug-likeness (QED) is 0.803. The van der Waals surface area contributed by atoms with E-state index in [-0.39, 0.29) is 6.09 Å². The van der Waals surface area contributed by atoms with Crippen LogP contribution in [0.25, 0.3) is 0 Å². The molecule has 0 saturated carbocycles. The van der Waals surface area contributed by atoms with Gasteiger partial charge in [-0.1, -0.05) is 23.2 Å². The Hall–Kier alpha value is -1.47. The Morgan fingerprint density at radius 2 is 2.09 bits per heavy atom. The minimum absolute atomic E-state index is 0.346. The highest BCUT2D eigenvalue weighted by Gasteiger charge is 2.29. The molecule has 1 aliphatic heterocycles. The molecule has 0 unspecified atom stereocenters. The number of alkyl halides is 2. The van der Waals surface area contributed by atoms with Gasteiger partial charge in [-0.25, -0.2) is 4.79 Å². The molecule has 122 valence electrons. The zero-order valence-electron chi connectivity index (χ0n) is 12.6. The topological polar surface area (TPSA) is 87.3 Å². The predicted molar refractivity (Wildman–Crippen MR) is 83.1 cm³/mol. The summed E-state index contributed by atoms with van der Waals surface area (Å²) in [5.41, 5.74) is 1.07. The fourth-order valence-corrected chi connectivity index (χ4v) is 2.18. The average molecular weight is 349 g/mol. The van der Waals surface area contributed by atoms with E-state index in [0.717, 1.165) is 11.3 Å². The number of fused-ring (bicyclic) bond motifs is 1. The molecule has 1 aromatic rings. The van der Waals surface area contributed by atoms with E-state index in [1.165, 1.54) is 0 Å². The van der Waals surface area contributed by atoms with Gasteiger partial charge in [-0.15, -0.1) is 0 Å². The molecule has 2 heterocycles. The van der Waals surface area contributed by atoms with Gasteiger partial charge in [0.15, 0.2) is 10.7 Å². The van der Waals surface area contributed by atoms with Crippen molar-refractivity contribution in [1.82, 2.24) is 15.1 Å². The van der Waals surface area contributed by atoms with Crippen molar-refractivity contribution < 1.29 is 14.3 Å². The van der Waals surface area contributed by atoms with Crippen molar-refractivity contribution in [2.24, 2.45) is 0 Å². The van der Waals surface area contributed by atoms with E-state index < -0.39 is 16.3 Å². The zero-order valence-corrected chi connectivity index (χ0v) is 14.1. The summed E-state index contributed by atoms with van der Waals surface area (Å²) < 4.78 is 5.34. The van der Waals surface area contributed by atoms with Crippen molar-refractivity contribution in [3.05, 3.63) is 11.3 Å². The van der Waals surface area contributed by atoms with Gasteiger partial charge in [0.2, 0.25) is 0 Å². The van der Waals surface area contributed by atoms with Gasteiger partial charge < -0.3 is 15.0 Å². The summed E-state index contributed by atoms with van der Waals surface area (Å²) in [7, 11) is 0. The van der Waals surface area contributed by atoms with Gasteiger partial charge in [0, 0.05) is 12.1 Å². The van der Waals surface area contributed by atoms with Crippen molar-refractivity contribution in [1.29, 1.82) is 0 Å². The van der Waals surface area contributed by atoms with Gasteiger partial charge in [0.25, 0.3) is 5.91 Å². The fourth-order valence-electron chi connectivity index (χ4n) is 2.07. The van der Waals surface area contributed by atoms with Gasteiger partial charge in [-0.05, 0) is 27.2 Å². The molecule has 0 spiro atoms. The lowest BCUT2D eigenvalue weighted by Gasteiger charge is -2.29. The molecule has 1 aromatic heterocycles. The first-order chi connectivity index (χ1) is 10.2. The number of nitrogens with one attached hydrogen (secondary N) is 2. The third-order valence-corrected chi connectivity index (χ3v) is 3.42. The van der Waals surface area contributed by atoms with Gasteiger partial charge >= 0.3 is 6.09 Å². The molecule has 2 amide bonds. The molecule has 0 fully saturated rings. The highest BCUT2D eigenvalue weighted by Crippen LogP contribution is 2.25. The second-order valence-corrected chi connectivity index (χ2v) is 7.07. The SMILES string of the molecule is CC(C)(C)OC(=O)N1CCc2c(NC(=O)C(Cl)Cl)n[nH]c2C1. The van der Waals surface area contributed by atoms with Crippen molar-refractivity contribution in [3.63, 3.8) is 0 Å². The van der Waals surface area contributed by atoms with Crippen molar-refractivity contribution >= 4 is 41.0 Å². The lowest BCUT2D eigenvalue weighted by molar-refractivity contribution is -0.114. The van der Waals surface area contributed by atoms with Crippen LogP contribution in [0.15, 0.2) is 0 Å². The number of carbonyl (C=O) groups excluding carboxylic acids is 2. The second kappa shape index (κ2) is 6.34.